The van der Waals surface area contributed by atoms with E-state index in [0.717, 1.165) is 0 Å². The van der Waals surface area contributed by atoms with Crippen LogP contribution in [0.2, 0.25) is 0 Å². The fourth-order valence-corrected chi connectivity index (χ4v) is 5.53. The molecular formula is C21H10F34O2S2. The second-order valence-electron chi connectivity index (χ2n) is 11.3. The number of aliphatic hydroxyl groups is 2. The van der Waals surface area contributed by atoms with Crippen LogP contribution >= 0.6 is 23.5 Å². The molecule has 59 heavy (non-hydrogen) atoms. The Morgan fingerprint density at radius 3 is 0.542 bits per heavy atom. The quantitative estimate of drug-likeness (QED) is 0.119. The zero-order valence-electron chi connectivity index (χ0n) is 25.9. The van der Waals surface area contributed by atoms with Crippen molar-refractivity contribution in [1.29, 1.82) is 0 Å². The first-order valence-corrected chi connectivity index (χ1v) is 14.9. The molecule has 0 aromatic heterocycles. The molecule has 356 valence electrons. The molecule has 0 rings (SSSR count). The van der Waals surface area contributed by atoms with Gasteiger partial charge in [-0.15, -0.1) is 0 Å². The molecule has 38 heteroatoms. The van der Waals surface area contributed by atoms with Crippen LogP contribution in [0, 0.1) is 5.41 Å². The maximum atomic E-state index is 14.2. The van der Waals surface area contributed by atoms with Crippen molar-refractivity contribution in [3.8, 4) is 0 Å². The second-order valence-corrected chi connectivity index (χ2v) is 13.5. The smallest absolute Gasteiger partial charge is 0.396 e. The van der Waals surface area contributed by atoms with E-state index in [4.69, 9.17) is 10.2 Å². The summed E-state index contributed by atoms with van der Waals surface area (Å²) >= 11 is -5.49. The molecule has 0 spiro atoms. The Morgan fingerprint density at radius 1 is 0.237 bits per heavy atom. The molecule has 0 saturated carbocycles. The molecule has 0 amide bonds. The van der Waals surface area contributed by atoms with Crippen molar-refractivity contribution < 1.29 is 159 Å². The highest BCUT2D eigenvalue weighted by molar-refractivity contribution is 8.01. The number of halogens is 34. The van der Waals surface area contributed by atoms with Gasteiger partial charge in [0.25, 0.3) is 0 Å². The van der Waals surface area contributed by atoms with E-state index in [9.17, 15) is 149 Å². The SMILES string of the molecule is OCC(CO)(CSC(F)(F)C(F)(F)C(F)(F)C(F)(F)C(F)(F)C(F)(F)C(F)(F)C(F)(F)F)CSC(F)(F)C(F)(F)C(F)(F)C(F)(F)C(F)(F)C(F)(F)C(F)(F)C(F)(F)F. The fourth-order valence-electron chi connectivity index (χ4n) is 3.24. The molecule has 0 aromatic carbocycles. The van der Waals surface area contributed by atoms with Crippen LogP contribution in [0.4, 0.5) is 149 Å². The van der Waals surface area contributed by atoms with Crippen molar-refractivity contribution in [2.75, 3.05) is 24.7 Å². The molecule has 2 nitrogen and oxygen atoms in total. The summed E-state index contributed by atoms with van der Waals surface area (Å²) in [5, 5.41) is 3.18. The lowest BCUT2D eigenvalue weighted by atomic mass is 9.91. The van der Waals surface area contributed by atoms with Crippen LogP contribution in [-0.4, -0.2) is 129 Å². The number of aliphatic hydroxyl groups excluding tert-OH is 2. The van der Waals surface area contributed by atoms with Gasteiger partial charge in [-0.05, 0) is 0 Å². The summed E-state index contributed by atoms with van der Waals surface area (Å²) in [7, 11) is 0. The molecule has 0 heterocycles. The average Bonchev–Trinajstić information content (AvgIpc) is 3.02. The zero-order chi connectivity index (χ0) is 48.7. The van der Waals surface area contributed by atoms with Gasteiger partial charge in [0, 0.05) is 16.9 Å². The van der Waals surface area contributed by atoms with Gasteiger partial charge in [-0.1, -0.05) is 23.5 Å². The van der Waals surface area contributed by atoms with Crippen molar-refractivity contribution in [3.63, 3.8) is 0 Å². The van der Waals surface area contributed by atoms with E-state index in [1.165, 1.54) is 0 Å². The van der Waals surface area contributed by atoms with Gasteiger partial charge < -0.3 is 10.2 Å². The van der Waals surface area contributed by atoms with Crippen LogP contribution in [0.15, 0.2) is 0 Å². The molecule has 0 aliphatic rings. The summed E-state index contributed by atoms with van der Waals surface area (Å²) in [4.78, 5) is 0. The Kier molecular flexibility index (Phi) is 14.8. The van der Waals surface area contributed by atoms with Gasteiger partial charge >= 0.3 is 93.9 Å². The van der Waals surface area contributed by atoms with Crippen molar-refractivity contribution >= 4 is 23.5 Å². The van der Waals surface area contributed by atoms with E-state index >= 15 is 0 Å². The zero-order valence-corrected chi connectivity index (χ0v) is 27.5. The molecule has 2 N–H and O–H groups in total. The Morgan fingerprint density at radius 2 is 0.390 bits per heavy atom. The summed E-state index contributed by atoms with van der Waals surface area (Å²) in [6.07, 6.45) is -16.3. The van der Waals surface area contributed by atoms with Crippen molar-refractivity contribution in [1.82, 2.24) is 0 Å². The molecule has 0 aliphatic carbocycles. The highest BCUT2D eigenvalue weighted by Gasteiger charge is 2.97. The summed E-state index contributed by atoms with van der Waals surface area (Å²) in [6.45, 7) is -5.36. The van der Waals surface area contributed by atoms with Gasteiger partial charge in [-0.2, -0.15) is 149 Å². The maximum Gasteiger partial charge on any atom is 0.460 e. The van der Waals surface area contributed by atoms with Gasteiger partial charge in [0.15, 0.2) is 0 Å². The lowest BCUT2D eigenvalue weighted by molar-refractivity contribution is -0.458. The predicted molar refractivity (Wildman–Crippen MR) is 123 cm³/mol. The van der Waals surface area contributed by atoms with Crippen LogP contribution in [-0.2, 0) is 0 Å². The minimum Gasteiger partial charge on any atom is -0.396 e. The van der Waals surface area contributed by atoms with E-state index in [1.807, 2.05) is 0 Å². The summed E-state index contributed by atoms with van der Waals surface area (Å²) < 4.78 is 456. The molecule has 0 radical (unpaired) electrons. The Balaban J connectivity index is 6.94. The lowest BCUT2D eigenvalue weighted by Gasteiger charge is -2.43. The van der Waals surface area contributed by atoms with Crippen LogP contribution in [0.5, 0.6) is 0 Å². The third-order valence-corrected chi connectivity index (χ3v) is 9.93. The summed E-state index contributed by atoms with van der Waals surface area (Å²) in [5.41, 5.74) is -4.10. The van der Waals surface area contributed by atoms with Gasteiger partial charge in [0.1, 0.15) is 0 Å². The van der Waals surface area contributed by atoms with Crippen molar-refractivity contribution in [2.24, 2.45) is 5.41 Å². The first-order chi connectivity index (χ1) is 25.0. The summed E-state index contributed by atoms with van der Waals surface area (Å²) in [6, 6.07) is 0. The third kappa shape index (κ3) is 7.95. The molecule has 0 aromatic rings. The highest BCUT2D eigenvalue weighted by atomic mass is 32.2. The number of thioether (sulfide) groups is 2. The summed E-state index contributed by atoms with van der Waals surface area (Å²) in [5.74, 6) is -113. The molecule has 0 fully saturated rings. The van der Waals surface area contributed by atoms with E-state index in [-0.39, 0.29) is 0 Å². The van der Waals surface area contributed by atoms with Crippen LogP contribution in [0.3, 0.4) is 0 Å². The van der Waals surface area contributed by atoms with Gasteiger partial charge in [0.2, 0.25) is 0 Å². The third-order valence-electron chi connectivity index (χ3n) is 7.18. The minimum absolute atomic E-state index is 2.68. The topological polar surface area (TPSA) is 40.5 Å². The first-order valence-electron chi connectivity index (χ1n) is 13.0. The van der Waals surface area contributed by atoms with Gasteiger partial charge in [-0.25, -0.2) is 0 Å². The van der Waals surface area contributed by atoms with Gasteiger partial charge in [0.05, 0.1) is 13.2 Å². The molecule has 0 unspecified atom stereocenters. The van der Waals surface area contributed by atoms with E-state index in [1.54, 1.807) is 0 Å². The Labute approximate surface area is 308 Å². The first kappa shape index (κ1) is 57.2. The van der Waals surface area contributed by atoms with Gasteiger partial charge in [-0.3, -0.25) is 0 Å². The molecule has 0 saturated heterocycles. The average molecular weight is 1000 g/mol. The predicted octanol–water partition coefficient (Wildman–Crippen LogP) is 11.4. The van der Waals surface area contributed by atoms with Crippen LogP contribution in [0.25, 0.3) is 0 Å². The van der Waals surface area contributed by atoms with Crippen LogP contribution in [0.1, 0.15) is 0 Å². The maximum absolute atomic E-state index is 14.2. The molecule has 0 atom stereocenters. The fraction of sp³-hybridized carbons (Fsp3) is 1.00. The normalized spacial score (nSPS) is 16.9. The number of rotatable bonds is 20. The number of hydrogen-bond acceptors (Lipinski definition) is 4. The molecule has 0 bridgehead atoms. The number of alkyl halides is 34. The minimum atomic E-state index is -9.20. The molecular weight excluding hydrogens is 994 g/mol. The van der Waals surface area contributed by atoms with Crippen molar-refractivity contribution in [3.05, 3.63) is 0 Å². The monoisotopic (exact) mass is 1000 g/mol. The largest absolute Gasteiger partial charge is 0.460 e. The lowest BCUT2D eigenvalue weighted by Crippen LogP contribution is -2.74. The second kappa shape index (κ2) is 15.2. The van der Waals surface area contributed by atoms with E-state index in [2.05, 4.69) is 0 Å². The highest BCUT2D eigenvalue weighted by Crippen LogP contribution is 2.67. The van der Waals surface area contributed by atoms with Crippen LogP contribution < -0.4 is 0 Å². The van der Waals surface area contributed by atoms with E-state index in [0.29, 0.717) is 0 Å². The van der Waals surface area contributed by atoms with E-state index < -0.39 is 148 Å². The molecule has 0 aliphatic heterocycles. The Bertz CT molecular complexity index is 1350. The Hall–Kier alpha value is -1.76. The van der Waals surface area contributed by atoms with Crippen molar-refractivity contribution in [2.45, 2.75) is 93.9 Å². The standard InChI is InChI=1S/C21H10F34O2S2/c22-6(23,10(30,31)14(38,39)18(46,47)48)8(26,27)12(34,35)16(42,43)20(52,53)58-3-5(1-56,2-57)4-59-21(54,55)17(44,45)13(36,37)9(28,29)7(24,25)11(32,33)15(40,41)19(49,50)51/h56-57H,1-4H2. The number of hydrogen-bond donors (Lipinski definition) is 2.